The highest BCUT2D eigenvalue weighted by Gasteiger charge is 2.25. The van der Waals surface area contributed by atoms with Gasteiger partial charge in [-0.2, -0.15) is 0 Å². The molecule has 1 heterocycles. The zero-order valence-corrected chi connectivity index (χ0v) is 11.0. The minimum Gasteiger partial charge on any atom is -0.398 e. The molecule has 1 aliphatic rings. The molecule has 2 N–H and O–H groups in total. The molecule has 0 saturated carbocycles. The first-order valence-corrected chi connectivity index (χ1v) is 6.30. The molecule has 1 unspecified atom stereocenters. The molecule has 18 heavy (non-hydrogen) atoms. The fourth-order valence-electron chi connectivity index (χ4n) is 2.37. The molecule has 1 aliphatic heterocycles. The fraction of sp³-hybridized carbons (Fsp3) is 0.500. The lowest BCUT2D eigenvalue weighted by Gasteiger charge is -2.32. The number of rotatable bonds is 2. The van der Waals surface area contributed by atoms with Crippen molar-refractivity contribution in [1.82, 2.24) is 4.90 Å². The van der Waals surface area contributed by atoms with Crippen LogP contribution >= 0.6 is 0 Å². The molecule has 1 saturated heterocycles. The Bertz CT molecular complexity index is 445. The van der Waals surface area contributed by atoms with Crippen LogP contribution in [0, 0.1) is 6.92 Å². The molecule has 1 atom stereocenters. The van der Waals surface area contributed by atoms with Gasteiger partial charge in [0.25, 0.3) is 5.91 Å². The molecule has 2 rings (SSSR count). The van der Waals surface area contributed by atoms with Crippen molar-refractivity contribution >= 4 is 11.6 Å². The third kappa shape index (κ3) is 2.48. The van der Waals surface area contributed by atoms with Crippen molar-refractivity contribution in [3.8, 4) is 0 Å². The van der Waals surface area contributed by atoms with Crippen molar-refractivity contribution in [2.45, 2.75) is 25.9 Å². The van der Waals surface area contributed by atoms with E-state index in [1.807, 2.05) is 30.0 Å². The lowest BCUT2D eigenvalue weighted by Crippen LogP contribution is -2.43. The van der Waals surface area contributed by atoms with Gasteiger partial charge in [0.2, 0.25) is 0 Å². The van der Waals surface area contributed by atoms with Crippen molar-refractivity contribution in [2.75, 3.05) is 25.9 Å². The molecule has 0 spiro atoms. The summed E-state index contributed by atoms with van der Waals surface area (Å²) >= 11 is 0. The van der Waals surface area contributed by atoms with Crippen LogP contribution in [0.2, 0.25) is 0 Å². The first-order chi connectivity index (χ1) is 8.63. The SMILES string of the molecule is COC1CCCN(C(=O)c2cccc(N)c2C)C1. The number of nitrogens with two attached hydrogens (primary N) is 1. The first kappa shape index (κ1) is 12.9. The van der Waals surface area contributed by atoms with E-state index in [9.17, 15) is 4.79 Å². The molecule has 4 heteroatoms. The van der Waals surface area contributed by atoms with Crippen LogP contribution in [0.5, 0.6) is 0 Å². The van der Waals surface area contributed by atoms with Gasteiger partial charge in [0, 0.05) is 31.5 Å². The molecule has 0 aromatic heterocycles. The van der Waals surface area contributed by atoms with Gasteiger partial charge in [-0.3, -0.25) is 4.79 Å². The first-order valence-electron chi connectivity index (χ1n) is 6.30. The fourth-order valence-corrected chi connectivity index (χ4v) is 2.37. The van der Waals surface area contributed by atoms with E-state index in [1.54, 1.807) is 7.11 Å². The summed E-state index contributed by atoms with van der Waals surface area (Å²) in [5.74, 6) is 0.0570. The minimum atomic E-state index is 0.0570. The van der Waals surface area contributed by atoms with E-state index in [-0.39, 0.29) is 12.0 Å². The lowest BCUT2D eigenvalue weighted by molar-refractivity contribution is 0.0268. The van der Waals surface area contributed by atoms with Gasteiger partial charge in [-0.15, -0.1) is 0 Å². The van der Waals surface area contributed by atoms with Gasteiger partial charge >= 0.3 is 0 Å². The third-order valence-electron chi connectivity index (χ3n) is 3.60. The van der Waals surface area contributed by atoms with Gasteiger partial charge in [-0.05, 0) is 37.5 Å². The Morgan fingerprint density at radius 1 is 1.50 bits per heavy atom. The molecule has 1 aromatic rings. The molecule has 98 valence electrons. The maximum atomic E-state index is 12.4. The molecular weight excluding hydrogens is 228 g/mol. The van der Waals surface area contributed by atoms with Crippen LogP contribution in [-0.2, 0) is 4.74 Å². The van der Waals surface area contributed by atoms with E-state index >= 15 is 0 Å². The number of ether oxygens (including phenoxy) is 1. The second kappa shape index (κ2) is 5.40. The maximum absolute atomic E-state index is 12.4. The van der Waals surface area contributed by atoms with Gasteiger partial charge in [0.15, 0.2) is 0 Å². The molecule has 1 fully saturated rings. The molecular formula is C14H20N2O2. The summed E-state index contributed by atoms with van der Waals surface area (Å²) in [5.41, 5.74) is 8.08. The Balaban J connectivity index is 2.18. The Morgan fingerprint density at radius 2 is 2.28 bits per heavy atom. The van der Waals surface area contributed by atoms with Crippen molar-refractivity contribution in [3.05, 3.63) is 29.3 Å². The van der Waals surface area contributed by atoms with Gasteiger partial charge < -0.3 is 15.4 Å². The third-order valence-corrected chi connectivity index (χ3v) is 3.60. The summed E-state index contributed by atoms with van der Waals surface area (Å²) in [5, 5.41) is 0. The number of likely N-dealkylation sites (tertiary alicyclic amines) is 1. The van der Waals surface area contributed by atoms with Crippen molar-refractivity contribution in [2.24, 2.45) is 0 Å². The number of hydrogen-bond acceptors (Lipinski definition) is 3. The van der Waals surface area contributed by atoms with Crippen LogP contribution in [0.3, 0.4) is 0 Å². The Kier molecular flexibility index (Phi) is 3.87. The highest BCUT2D eigenvalue weighted by atomic mass is 16.5. The highest BCUT2D eigenvalue weighted by molar-refractivity contribution is 5.97. The summed E-state index contributed by atoms with van der Waals surface area (Å²) in [6.07, 6.45) is 2.17. The molecule has 0 radical (unpaired) electrons. The molecule has 0 aliphatic carbocycles. The predicted molar refractivity (Wildman–Crippen MR) is 71.5 cm³/mol. The second-order valence-corrected chi connectivity index (χ2v) is 4.77. The highest BCUT2D eigenvalue weighted by Crippen LogP contribution is 2.20. The quantitative estimate of drug-likeness (QED) is 0.812. The number of methoxy groups -OCH3 is 1. The average molecular weight is 248 g/mol. The van der Waals surface area contributed by atoms with Crippen LogP contribution in [0.4, 0.5) is 5.69 Å². The average Bonchev–Trinajstić information content (AvgIpc) is 2.41. The van der Waals surface area contributed by atoms with Crippen LogP contribution in [-0.4, -0.2) is 37.1 Å². The summed E-state index contributed by atoms with van der Waals surface area (Å²) in [4.78, 5) is 14.3. The van der Waals surface area contributed by atoms with E-state index in [1.165, 1.54) is 0 Å². The van der Waals surface area contributed by atoms with Crippen LogP contribution < -0.4 is 5.73 Å². The van der Waals surface area contributed by atoms with Crippen LogP contribution in [0.25, 0.3) is 0 Å². The summed E-state index contributed by atoms with van der Waals surface area (Å²) in [7, 11) is 1.70. The predicted octanol–water partition coefficient (Wildman–Crippen LogP) is 1.83. The summed E-state index contributed by atoms with van der Waals surface area (Å²) in [6.45, 7) is 3.36. The van der Waals surface area contributed by atoms with E-state index in [2.05, 4.69) is 0 Å². The number of benzene rings is 1. The Morgan fingerprint density at radius 3 is 3.00 bits per heavy atom. The molecule has 4 nitrogen and oxygen atoms in total. The van der Waals surface area contributed by atoms with Gasteiger partial charge in [-0.25, -0.2) is 0 Å². The maximum Gasteiger partial charge on any atom is 0.254 e. The number of nitrogens with zero attached hydrogens (tertiary/aromatic N) is 1. The van der Waals surface area contributed by atoms with Crippen LogP contribution in [0.1, 0.15) is 28.8 Å². The summed E-state index contributed by atoms with van der Waals surface area (Å²) in [6, 6.07) is 5.48. The topological polar surface area (TPSA) is 55.6 Å². The summed E-state index contributed by atoms with van der Waals surface area (Å²) < 4.78 is 5.34. The number of amides is 1. The molecule has 1 aromatic carbocycles. The smallest absolute Gasteiger partial charge is 0.254 e. The number of nitrogen functional groups attached to an aromatic ring is 1. The number of hydrogen-bond donors (Lipinski definition) is 1. The van der Waals surface area contributed by atoms with E-state index < -0.39 is 0 Å². The minimum absolute atomic E-state index is 0.0570. The van der Waals surface area contributed by atoms with E-state index in [0.29, 0.717) is 17.8 Å². The second-order valence-electron chi connectivity index (χ2n) is 4.77. The lowest BCUT2D eigenvalue weighted by atomic mass is 10.0. The molecule has 0 bridgehead atoms. The monoisotopic (exact) mass is 248 g/mol. The standard InChI is InChI=1S/C14H20N2O2/c1-10-12(6-3-7-13(10)15)14(17)16-8-4-5-11(9-16)18-2/h3,6-7,11H,4-5,8-9,15H2,1-2H3. The van der Waals surface area contributed by atoms with Crippen molar-refractivity contribution in [3.63, 3.8) is 0 Å². The van der Waals surface area contributed by atoms with Gasteiger partial charge in [-0.1, -0.05) is 6.07 Å². The zero-order valence-electron chi connectivity index (χ0n) is 11.0. The number of anilines is 1. The van der Waals surface area contributed by atoms with E-state index in [4.69, 9.17) is 10.5 Å². The normalized spacial score (nSPS) is 19.9. The van der Waals surface area contributed by atoms with Gasteiger partial charge in [0.1, 0.15) is 0 Å². The van der Waals surface area contributed by atoms with Gasteiger partial charge in [0.05, 0.1) is 6.10 Å². The Labute approximate surface area is 108 Å². The number of carbonyl (C=O) groups is 1. The Hall–Kier alpha value is -1.55. The zero-order chi connectivity index (χ0) is 13.1. The van der Waals surface area contributed by atoms with Crippen molar-refractivity contribution < 1.29 is 9.53 Å². The largest absolute Gasteiger partial charge is 0.398 e. The number of piperidine rings is 1. The van der Waals surface area contributed by atoms with Crippen LogP contribution in [0.15, 0.2) is 18.2 Å². The molecule has 1 amide bonds. The number of carbonyl (C=O) groups excluding carboxylic acids is 1. The van der Waals surface area contributed by atoms with Crippen molar-refractivity contribution in [1.29, 1.82) is 0 Å². The van der Waals surface area contributed by atoms with E-state index in [0.717, 1.165) is 24.9 Å².